The first-order chi connectivity index (χ1) is 13.0. The summed E-state index contributed by atoms with van der Waals surface area (Å²) in [5.74, 6) is 0.365. The molecule has 1 aromatic carbocycles. The molecule has 1 amide bonds. The number of amides is 1. The Balaban J connectivity index is 2.06. The van der Waals surface area contributed by atoms with Crippen molar-refractivity contribution < 1.29 is 22.7 Å². The molecule has 1 heterocycles. The summed E-state index contributed by atoms with van der Waals surface area (Å²) >= 11 is 0. The zero-order chi connectivity index (χ0) is 19.7. The van der Waals surface area contributed by atoms with Gasteiger partial charge < -0.3 is 14.0 Å². The fraction of sp³-hybridized carbons (Fsp3) is 0.412. The molecular formula is C17H24N4O5S. The first-order valence-corrected chi connectivity index (χ1v) is 10.1. The van der Waals surface area contributed by atoms with E-state index in [0.717, 1.165) is 0 Å². The SMILES string of the molecule is CCOC(=O)Nc1cc(S(=O)(=O)NCCCn2ccnc2)ccc1OCC. The molecule has 1 aromatic heterocycles. The Hall–Kier alpha value is -2.59. The Kier molecular flexibility index (Phi) is 7.62. The predicted molar refractivity (Wildman–Crippen MR) is 100 cm³/mol. The molecule has 0 atom stereocenters. The third-order valence-electron chi connectivity index (χ3n) is 3.52. The van der Waals surface area contributed by atoms with Crippen molar-refractivity contribution in [1.82, 2.24) is 14.3 Å². The summed E-state index contributed by atoms with van der Waals surface area (Å²) in [7, 11) is -3.73. The van der Waals surface area contributed by atoms with E-state index in [4.69, 9.17) is 9.47 Å². The second kappa shape index (κ2) is 9.93. The molecule has 0 saturated heterocycles. The van der Waals surface area contributed by atoms with Crippen LogP contribution in [-0.4, -0.2) is 43.8 Å². The van der Waals surface area contributed by atoms with Crippen LogP contribution in [0, 0.1) is 0 Å². The number of ether oxygens (including phenoxy) is 2. The molecule has 148 valence electrons. The van der Waals surface area contributed by atoms with Crippen LogP contribution in [0.15, 0.2) is 41.8 Å². The van der Waals surface area contributed by atoms with E-state index < -0.39 is 16.1 Å². The Morgan fingerprint density at radius 2 is 2.07 bits per heavy atom. The molecule has 0 radical (unpaired) electrons. The highest BCUT2D eigenvalue weighted by atomic mass is 32.2. The molecule has 0 aliphatic heterocycles. The molecule has 0 bridgehead atoms. The number of imidazole rings is 1. The van der Waals surface area contributed by atoms with Gasteiger partial charge in [0.05, 0.1) is 30.1 Å². The predicted octanol–water partition coefficient (Wildman–Crippen LogP) is 2.22. The fourth-order valence-corrected chi connectivity index (χ4v) is 3.40. The van der Waals surface area contributed by atoms with Crippen molar-refractivity contribution in [2.45, 2.75) is 31.7 Å². The van der Waals surface area contributed by atoms with E-state index in [-0.39, 0.29) is 23.7 Å². The summed E-state index contributed by atoms with van der Waals surface area (Å²) in [4.78, 5) is 15.7. The first kappa shape index (κ1) is 20.7. The monoisotopic (exact) mass is 396 g/mol. The van der Waals surface area contributed by atoms with Crippen LogP contribution < -0.4 is 14.8 Å². The number of carbonyl (C=O) groups excluding carboxylic acids is 1. The number of sulfonamides is 1. The topological polar surface area (TPSA) is 112 Å². The van der Waals surface area contributed by atoms with Gasteiger partial charge in [0.2, 0.25) is 10.0 Å². The van der Waals surface area contributed by atoms with Crippen LogP contribution in [0.4, 0.5) is 10.5 Å². The number of hydrogen-bond acceptors (Lipinski definition) is 6. The third-order valence-corrected chi connectivity index (χ3v) is 4.98. The Bertz CT molecular complexity index is 837. The lowest BCUT2D eigenvalue weighted by Crippen LogP contribution is -2.25. The molecular weight excluding hydrogens is 372 g/mol. The number of nitrogens with zero attached hydrogens (tertiary/aromatic N) is 2. The summed E-state index contributed by atoms with van der Waals surface area (Å²) in [6.45, 7) is 4.97. The minimum Gasteiger partial charge on any atom is -0.492 e. The van der Waals surface area contributed by atoms with Crippen molar-refractivity contribution >= 4 is 21.8 Å². The molecule has 0 saturated carbocycles. The van der Waals surface area contributed by atoms with Crippen molar-refractivity contribution in [2.24, 2.45) is 0 Å². The second-order valence-corrected chi connectivity index (χ2v) is 7.26. The van der Waals surface area contributed by atoms with Gasteiger partial charge in [-0.3, -0.25) is 5.32 Å². The lowest BCUT2D eigenvalue weighted by Gasteiger charge is -2.14. The van der Waals surface area contributed by atoms with E-state index in [9.17, 15) is 13.2 Å². The molecule has 10 heteroatoms. The Morgan fingerprint density at radius 1 is 1.26 bits per heavy atom. The molecule has 0 unspecified atom stereocenters. The molecule has 2 N–H and O–H groups in total. The standard InChI is InChI=1S/C17H24N4O5S/c1-3-25-16-7-6-14(12-15(16)20-17(22)26-4-2)27(23,24)19-8-5-10-21-11-9-18-13-21/h6-7,9,11-13,19H,3-5,8,10H2,1-2H3,(H,20,22). The number of benzene rings is 1. The van der Waals surface area contributed by atoms with Gasteiger partial charge in [-0.05, 0) is 38.5 Å². The van der Waals surface area contributed by atoms with Gasteiger partial charge in [-0.1, -0.05) is 0 Å². The van der Waals surface area contributed by atoms with Crippen molar-refractivity contribution in [3.8, 4) is 5.75 Å². The van der Waals surface area contributed by atoms with Gasteiger partial charge in [0.25, 0.3) is 0 Å². The average molecular weight is 396 g/mol. The maximum absolute atomic E-state index is 12.5. The van der Waals surface area contributed by atoms with Gasteiger partial charge in [0.1, 0.15) is 5.75 Å². The normalized spacial score (nSPS) is 11.2. The number of hydrogen-bond donors (Lipinski definition) is 2. The summed E-state index contributed by atoms with van der Waals surface area (Å²) < 4.78 is 39.7. The maximum Gasteiger partial charge on any atom is 0.411 e. The Labute approximate surface area is 158 Å². The third kappa shape index (κ3) is 6.26. The van der Waals surface area contributed by atoms with Crippen LogP contribution in [-0.2, 0) is 21.3 Å². The second-order valence-electron chi connectivity index (χ2n) is 5.49. The minimum atomic E-state index is -3.73. The van der Waals surface area contributed by atoms with Crippen LogP contribution in [0.1, 0.15) is 20.3 Å². The van der Waals surface area contributed by atoms with E-state index >= 15 is 0 Å². The highest BCUT2D eigenvalue weighted by molar-refractivity contribution is 7.89. The largest absolute Gasteiger partial charge is 0.492 e. The van der Waals surface area contributed by atoms with Crippen LogP contribution in [0.5, 0.6) is 5.75 Å². The fourth-order valence-electron chi connectivity index (χ4n) is 2.30. The zero-order valence-electron chi connectivity index (χ0n) is 15.3. The van der Waals surface area contributed by atoms with Crippen molar-refractivity contribution in [3.05, 3.63) is 36.9 Å². The Morgan fingerprint density at radius 3 is 2.74 bits per heavy atom. The van der Waals surface area contributed by atoms with Crippen molar-refractivity contribution in [1.29, 1.82) is 0 Å². The number of carbonyl (C=O) groups is 1. The number of rotatable bonds is 10. The molecule has 9 nitrogen and oxygen atoms in total. The summed E-state index contributed by atoms with van der Waals surface area (Å²) in [5.41, 5.74) is 0.233. The number of aryl methyl sites for hydroxylation is 1. The number of anilines is 1. The van der Waals surface area contributed by atoms with Gasteiger partial charge in [-0.2, -0.15) is 0 Å². The van der Waals surface area contributed by atoms with Gasteiger partial charge in [0, 0.05) is 25.5 Å². The lowest BCUT2D eigenvalue weighted by molar-refractivity contribution is 0.167. The zero-order valence-corrected chi connectivity index (χ0v) is 16.2. The summed E-state index contributed by atoms with van der Waals surface area (Å²) in [6, 6.07) is 4.28. The van der Waals surface area contributed by atoms with Gasteiger partial charge in [-0.15, -0.1) is 0 Å². The molecule has 27 heavy (non-hydrogen) atoms. The highest BCUT2D eigenvalue weighted by Crippen LogP contribution is 2.28. The first-order valence-electron chi connectivity index (χ1n) is 8.62. The smallest absolute Gasteiger partial charge is 0.411 e. The van der Waals surface area contributed by atoms with Gasteiger partial charge in [-0.25, -0.2) is 22.9 Å². The molecule has 0 spiro atoms. The average Bonchev–Trinajstić information content (AvgIpc) is 3.14. The van der Waals surface area contributed by atoms with Crippen molar-refractivity contribution in [2.75, 3.05) is 25.1 Å². The van der Waals surface area contributed by atoms with E-state index in [0.29, 0.717) is 25.3 Å². The van der Waals surface area contributed by atoms with E-state index in [1.165, 1.54) is 18.2 Å². The van der Waals surface area contributed by atoms with Crippen LogP contribution in [0.2, 0.25) is 0 Å². The minimum absolute atomic E-state index is 0.0281. The molecule has 0 fully saturated rings. The summed E-state index contributed by atoms with van der Waals surface area (Å²) in [6.07, 6.45) is 5.09. The molecule has 2 rings (SSSR count). The summed E-state index contributed by atoms with van der Waals surface area (Å²) in [5, 5.41) is 2.51. The maximum atomic E-state index is 12.5. The van der Waals surface area contributed by atoms with Crippen LogP contribution in [0.25, 0.3) is 0 Å². The van der Waals surface area contributed by atoms with Gasteiger partial charge in [0.15, 0.2) is 0 Å². The van der Waals surface area contributed by atoms with Gasteiger partial charge >= 0.3 is 6.09 Å². The highest BCUT2D eigenvalue weighted by Gasteiger charge is 2.17. The van der Waals surface area contributed by atoms with Crippen LogP contribution in [0.3, 0.4) is 0 Å². The van der Waals surface area contributed by atoms with E-state index in [1.807, 2.05) is 10.8 Å². The van der Waals surface area contributed by atoms with Crippen LogP contribution >= 0.6 is 0 Å². The molecule has 0 aliphatic rings. The van der Waals surface area contributed by atoms with E-state index in [2.05, 4.69) is 15.0 Å². The number of nitrogens with one attached hydrogen (secondary N) is 2. The number of aromatic nitrogens is 2. The molecule has 0 aliphatic carbocycles. The lowest BCUT2D eigenvalue weighted by atomic mass is 10.3. The van der Waals surface area contributed by atoms with E-state index in [1.54, 1.807) is 26.4 Å². The quantitative estimate of drug-likeness (QED) is 0.596. The van der Waals surface area contributed by atoms with Crippen molar-refractivity contribution in [3.63, 3.8) is 0 Å². The molecule has 2 aromatic rings.